The van der Waals surface area contributed by atoms with Crippen LogP contribution in [0.15, 0.2) is 54.6 Å². The summed E-state index contributed by atoms with van der Waals surface area (Å²) in [5.41, 5.74) is 1.12. The summed E-state index contributed by atoms with van der Waals surface area (Å²) in [6.07, 6.45) is -1.03. The van der Waals surface area contributed by atoms with E-state index in [1.807, 2.05) is 6.07 Å². The fourth-order valence-corrected chi connectivity index (χ4v) is 2.18. The number of hydrogen-bond acceptors (Lipinski definition) is 4. The Morgan fingerprint density at radius 2 is 1.48 bits per heavy atom. The maximum Gasteiger partial charge on any atom is 0.329 e. The molecule has 3 amide bonds. The summed E-state index contributed by atoms with van der Waals surface area (Å²) >= 11 is 5.79. The number of ether oxygens (including phenoxy) is 1. The summed E-state index contributed by atoms with van der Waals surface area (Å²) in [5.74, 6) is -1.22. The van der Waals surface area contributed by atoms with Gasteiger partial charge in [0.2, 0.25) is 0 Å². The van der Waals surface area contributed by atoms with Crippen LogP contribution >= 0.6 is 11.6 Å². The van der Waals surface area contributed by atoms with Gasteiger partial charge in [-0.2, -0.15) is 0 Å². The van der Waals surface area contributed by atoms with Crippen molar-refractivity contribution in [2.75, 3.05) is 10.6 Å². The number of hydrogen-bond donors (Lipinski definition) is 3. The van der Waals surface area contributed by atoms with Crippen LogP contribution in [-0.4, -0.2) is 30.1 Å². The number of rotatable bonds is 6. The minimum Gasteiger partial charge on any atom is -0.451 e. The van der Waals surface area contributed by atoms with Gasteiger partial charge in [0.15, 0.2) is 6.10 Å². The Morgan fingerprint density at radius 3 is 2.11 bits per heavy atom. The van der Waals surface area contributed by atoms with Gasteiger partial charge in [-0.05, 0) is 50.2 Å². The molecule has 2 atom stereocenters. The second-order valence-corrected chi connectivity index (χ2v) is 6.20. The van der Waals surface area contributed by atoms with E-state index in [9.17, 15) is 14.4 Å². The molecule has 0 fully saturated rings. The average molecular weight is 390 g/mol. The van der Waals surface area contributed by atoms with Gasteiger partial charge in [-0.3, -0.25) is 4.79 Å². The van der Waals surface area contributed by atoms with Gasteiger partial charge in [0.1, 0.15) is 6.04 Å². The number of carbonyl (C=O) groups excluding carboxylic acids is 3. The highest BCUT2D eigenvalue weighted by Crippen LogP contribution is 2.14. The largest absolute Gasteiger partial charge is 0.451 e. The minimum atomic E-state index is -1.03. The molecule has 3 N–H and O–H groups in total. The molecule has 0 aromatic heterocycles. The third-order valence-corrected chi connectivity index (χ3v) is 3.76. The molecular weight excluding hydrogens is 370 g/mol. The van der Waals surface area contributed by atoms with Crippen molar-refractivity contribution in [3.8, 4) is 0 Å². The van der Waals surface area contributed by atoms with Crippen LogP contribution < -0.4 is 16.0 Å². The van der Waals surface area contributed by atoms with Crippen molar-refractivity contribution in [3.05, 3.63) is 59.6 Å². The van der Waals surface area contributed by atoms with Gasteiger partial charge < -0.3 is 20.7 Å². The van der Waals surface area contributed by atoms with Gasteiger partial charge >= 0.3 is 12.0 Å². The van der Waals surface area contributed by atoms with Crippen LogP contribution in [0.1, 0.15) is 13.8 Å². The van der Waals surface area contributed by atoms with E-state index in [1.54, 1.807) is 48.5 Å². The van der Waals surface area contributed by atoms with E-state index in [0.29, 0.717) is 16.4 Å². The van der Waals surface area contributed by atoms with Crippen molar-refractivity contribution in [1.82, 2.24) is 5.32 Å². The van der Waals surface area contributed by atoms with E-state index in [4.69, 9.17) is 16.3 Å². The van der Waals surface area contributed by atoms with E-state index < -0.39 is 30.1 Å². The maximum absolute atomic E-state index is 12.1. The number of anilines is 2. The van der Waals surface area contributed by atoms with Crippen molar-refractivity contribution < 1.29 is 19.1 Å². The molecule has 0 radical (unpaired) electrons. The maximum atomic E-state index is 12.1. The van der Waals surface area contributed by atoms with Crippen LogP contribution in [0.25, 0.3) is 0 Å². The molecule has 0 bridgehead atoms. The fraction of sp³-hybridized carbons (Fsp3) is 0.211. The Kier molecular flexibility index (Phi) is 7.19. The molecule has 142 valence electrons. The predicted octanol–water partition coefficient (Wildman–Crippen LogP) is 3.42. The van der Waals surface area contributed by atoms with Crippen LogP contribution in [-0.2, 0) is 14.3 Å². The number of halogens is 1. The first-order valence-electron chi connectivity index (χ1n) is 8.24. The van der Waals surface area contributed by atoms with Crippen LogP contribution in [0.5, 0.6) is 0 Å². The first-order valence-corrected chi connectivity index (χ1v) is 8.62. The molecule has 2 aromatic rings. The molecule has 8 heteroatoms. The van der Waals surface area contributed by atoms with Crippen LogP contribution in [0.2, 0.25) is 5.02 Å². The van der Waals surface area contributed by atoms with Crippen LogP contribution in [0.4, 0.5) is 16.2 Å². The fourth-order valence-electron chi connectivity index (χ4n) is 2.05. The van der Waals surface area contributed by atoms with Gasteiger partial charge in [-0.15, -0.1) is 0 Å². The topological polar surface area (TPSA) is 96.5 Å². The zero-order valence-electron chi connectivity index (χ0n) is 14.9. The van der Waals surface area contributed by atoms with E-state index in [0.717, 1.165) is 0 Å². The van der Waals surface area contributed by atoms with E-state index >= 15 is 0 Å². The Hall–Kier alpha value is -3.06. The molecule has 0 aliphatic heterocycles. The number of nitrogens with one attached hydrogen (secondary N) is 3. The zero-order chi connectivity index (χ0) is 19.8. The molecule has 27 heavy (non-hydrogen) atoms. The predicted molar refractivity (Wildman–Crippen MR) is 104 cm³/mol. The average Bonchev–Trinajstić information content (AvgIpc) is 2.64. The summed E-state index contributed by atoms with van der Waals surface area (Å²) in [5, 5.41) is 8.21. The molecule has 0 heterocycles. The van der Waals surface area contributed by atoms with Crippen LogP contribution in [0, 0.1) is 0 Å². The van der Waals surface area contributed by atoms with Crippen molar-refractivity contribution in [1.29, 1.82) is 0 Å². The minimum absolute atomic E-state index is 0.494. The van der Waals surface area contributed by atoms with Gasteiger partial charge in [-0.1, -0.05) is 29.8 Å². The van der Waals surface area contributed by atoms with Crippen molar-refractivity contribution in [2.45, 2.75) is 26.0 Å². The highest BCUT2D eigenvalue weighted by Gasteiger charge is 2.23. The number of urea groups is 1. The summed E-state index contributed by atoms with van der Waals surface area (Å²) < 4.78 is 5.10. The lowest BCUT2D eigenvalue weighted by atomic mass is 10.3. The zero-order valence-corrected chi connectivity index (χ0v) is 15.6. The molecule has 0 spiro atoms. The Morgan fingerprint density at radius 1 is 0.889 bits per heavy atom. The number of esters is 1. The van der Waals surface area contributed by atoms with Crippen molar-refractivity contribution in [3.63, 3.8) is 0 Å². The second-order valence-electron chi connectivity index (χ2n) is 5.76. The van der Waals surface area contributed by atoms with E-state index in [1.165, 1.54) is 13.8 Å². The second kappa shape index (κ2) is 9.59. The third-order valence-electron chi connectivity index (χ3n) is 3.51. The lowest BCUT2D eigenvalue weighted by Gasteiger charge is -2.18. The van der Waals surface area contributed by atoms with Crippen LogP contribution in [0.3, 0.4) is 0 Å². The standard InChI is InChI=1S/C19H20ClN3O4/c1-12(21-19(26)23-15-6-4-3-5-7-15)18(25)27-13(2)17(24)22-16-10-8-14(20)9-11-16/h3-13H,1-2H3,(H,22,24)(H2,21,23,26)/t12-,13+/m0/s1. The van der Waals surface area contributed by atoms with E-state index in [2.05, 4.69) is 16.0 Å². The molecule has 0 unspecified atom stereocenters. The molecular formula is C19H20ClN3O4. The van der Waals surface area contributed by atoms with Gasteiger partial charge in [0.05, 0.1) is 0 Å². The summed E-state index contributed by atoms with van der Waals surface area (Å²) in [6, 6.07) is 13.8. The number of para-hydroxylation sites is 1. The molecule has 0 aliphatic carbocycles. The van der Waals surface area contributed by atoms with E-state index in [-0.39, 0.29) is 0 Å². The summed E-state index contributed by atoms with van der Waals surface area (Å²) in [4.78, 5) is 36.1. The van der Waals surface area contributed by atoms with Gasteiger partial charge in [-0.25, -0.2) is 9.59 Å². The normalized spacial score (nSPS) is 12.4. The molecule has 2 rings (SSSR count). The summed E-state index contributed by atoms with van der Waals surface area (Å²) in [6.45, 7) is 2.91. The number of carbonyl (C=O) groups is 3. The summed E-state index contributed by atoms with van der Waals surface area (Å²) in [7, 11) is 0. The smallest absolute Gasteiger partial charge is 0.329 e. The quantitative estimate of drug-likeness (QED) is 0.659. The SMILES string of the molecule is C[C@H](NC(=O)Nc1ccccc1)C(=O)O[C@H](C)C(=O)Nc1ccc(Cl)cc1. The highest BCUT2D eigenvalue weighted by molar-refractivity contribution is 6.30. The highest BCUT2D eigenvalue weighted by atomic mass is 35.5. The van der Waals surface area contributed by atoms with Crippen molar-refractivity contribution in [2.24, 2.45) is 0 Å². The molecule has 0 saturated carbocycles. The molecule has 0 saturated heterocycles. The van der Waals surface area contributed by atoms with Gasteiger partial charge in [0, 0.05) is 16.4 Å². The lowest BCUT2D eigenvalue weighted by molar-refractivity contribution is -0.154. The number of benzene rings is 2. The Bertz CT molecular complexity index is 796. The van der Waals surface area contributed by atoms with Crippen molar-refractivity contribution >= 4 is 40.9 Å². The van der Waals surface area contributed by atoms with Gasteiger partial charge in [0.25, 0.3) is 5.91 Å². The monoisotopic (exact) mass is 389 g/mol. The lowest BCUT2D eigenvalue weighted by Crippen LogP contribution is -2.44. The molecule has 2 aromatic carbocycles. The Balaban J connectivity index is 1.80. The first kappa shape index (κ1) is 20.3. The molecule has 0 aliphatic rings. The third kappa shape index (κ3) is 6.63. The molecule has 7 nitrogen and oxygen atoms in total. The first-order chi connectivity index (χ1) is 12.8. The number of amides is 3. The Labute approximate surface area is 162 Å².